The van der Waals surface area contributed by atoms with E-state index in [1.165, 1.54) is 11.1 Å². The Morgan fingerprint density at radius 3 is 1.95 bits per heavy atom. The van der Waals surface area contributed by atoms with Crippen LogP contribution >= 0.6 is 0 Å². The Balaban J connectivity index is 0.000000313. The molecule has 0 radical (unpaired) electrons. The number of hydrogen-bond donors (Lipinski definition) is 1. The second-order valence-corrected chi connectivity index (χ2v) is 4.67. The minimum Gasteiger partial charge on any atom is -0.748 e. The average molecular weight is 319 g/mol. The predicted molar refractivity (Wildman–Crippen MR) is 85.9 cm³/mol. The van der Waals surface area contributed by atoms with E-state index in [-0.39, 0.29) is 17.1 Å². The molecule has 2 heteroatoms. The summed E-state index contributed by atoms with van der Waals surface area (Å²) in [5.74, 6) is 0. The van der Waals surface area contributed by atoms with Crippen LogP contribution in [0.4, 0.5) is 0 Å². The molecule has 0 aliphatic rings. The van der Waals surface area contributed by atoms with Gasteiger partial charge in [0, 0.05) is 23.6 Å². The third kappa shape index (κ3) is 7.67. The zero-order valence-corrected chi connectivity index (χ0v) is 13.2. The smallest absolute Gasteiger partial charge is 0.0205 e. The topological polar surface area (TPSA) is 12.0 Å². The second kappa shape index (κ2) is 11.1. The molecule has 0 spiro atoms. The summed E-state index contributed by atoms with van der Waals surface area (Å²) in [4.78, 5) is 0. The summed E-state index contributed by atoms with van der Waals surface area (Å²) >= 11 is 0. The average Bonchev–Trinajstić information content (AvgIpc) is 3.20. The van der Waals surface area contributed by atoms with Crippen molar-refractivity contribution in [1.82, 2.24) is 5.32 Å². The Morgan fingerprint density at radius 2 is 1.38 bits per heavy atom. The van der Waals surface area contributed by atoms with Crippen molar-refractivity contribution < 1.29 is 17.1 Å². The molecule has 116 valence electrons. The molecule has 1 N–H and O–H groups in total. The van der Waals surface area contributed by atoms with Crippen molar-refractivity contribution >= 4 is 0 Å². The summed E-state index contributed by atoms with van der Waals surface area (Å²) in [6, 6.07) is 29.0. The van der Waals surface area contributed by atoms with E-state index in [1.807, 2.05) is 36.4 Å². The molecule has 0 atom stereocenters. The molecule has 0 aliphatic carbocycles. The van der Waals surface area contributed by atoms with Crippen LogP contribution in [0.2, 0.25) is 0 Å². The molecule has 0 saturated heterocycles. The molecule has 0 aliphatic heterocycles. The minimum absolute atomic E-state index is 0. The molecule has 0 bridgehead atoms. The van der Waals surface area contributed by atoms with Gasteiger partial charge in [-0.1, -0.05) is 36.8 Å². The van der Waals surface area contributed by atoms with E-state index in [4.69, 9.17) is 0 Å². The van der Waals surface area contributed by atoms with Gasteiger partial charge in [0.05, 0.1) is 0 Å². The van der Waals surface area contributed by atoms with E-state index in [0.717, 1.165) is 19.5 Å². The second-order valence-electron chi connectivity index (χ2n) is 4.67. The molecule has 0 saturated carbocycles. The molecule has 3 aromatic rings. The Kier molecular flexibility index (Phi) is 9.23. The predicted octanol–water partition coefficient (Wildman–Crippen LogP) is 4.14. The van der Waals surface area contributed by atoms with Gasteiger partial charge in [-0.3, -0.25) is 0 Å². The summed E-state index contributed by atoms with van der Waals surface area (Å²) < 4.78 is 0. The van der Waals surface area contributed by atoms with Gasteiger partial charge in [-0.2, -0.15) is 17.7 Å². The summed E-state index contributed by atoms with van der Waals surface area (Å²) in [6.07, 6.45) is 1.11. The maximum atomic E-state index is 3.44. The fraction of sp³-hybridized carbons (Fsp3) is 0.158. The SMILES string of the molecule is [Fe].[cH-]1[cH-][cH-][cH-][cH-]1.c1ccc(CNCC[c-]2cccc2)cc1. The van der Waals surface area contributed by atoms with Crippen molar-refractivity contribution in [2.75, 3.05) is 6.54 Å². The summed E-state index contributed by atoms with van der Waals surface area (Å²) in [5, 5.41) is 3.44. The van der Waals surface area contributed by atoms with Crippen LogP contribution in [0.25, 0.3) is 0 Å². The monoisotopic (exact) mass is 319 g/mol. The van der Waals surface area contributed by atoms with Gasteiger partial charge >= 0.3 is 0 Å². The van der Waals surface area contributed by atoms with Crippen LogP contribution in [-0.2, 0) is 30.0 Å². The third-order valence-corrected chi connectivity index (χ3v) is 3.05. The van der Waals surface area contributed by atoms with Crippen molar-refractivity contribution in [2.45, 2.75) is 13.0 Å². The van der Waals surface area contributed by atoms with Crippen molar-refractivity contribution in [3.05, 3.63) is 96.1 Å². The van der Waals surface area contributed by atoms with E-state index in [9.17, 15) is 0 Å². The molecule has 0 aromatic heterocycles. The zero-order chi connectivity index (χ0) is 13.9. The third-order valence-electron chi connectivity index (χ3n) is 3.05. The van der Waals surface area contributed by atoms with E-state index in [2.05, 4.69) is 53.8 Å². The van der Waals surface area contributed by atoms with E-state index >= 15 is 0 Å². The standard InChI is InChI=1S/C14H16N.C5H5.Fe/c1-2-8-14(9-3-1)12-15-11-10-13-6-4-5-7-13;1-2-4-5-3-1;/h1-9,15H,10-12H2;1-5H;/q-1;-5;. The first-order valence-corrected chi connectivity index (χ1v) is 7.07. The first kappa shape index (κ1) is 17.5. The molecule has 0 amide bonds. The molecule has 0 heterocycles. The Bertz CT molecular complexity index is 509. The Morgan fingerprint density at radius 1 is 0.810 bits per heavy atom. The van der Waals surface area contributed by atoms with Gasteiger partial charge < -0.3 is 35.6 Å². The van der Waals surface area contributed by atoms with Gasteiger partial charge in [-0.05, 0) is 12.1 Å². The Labute approximate surface area is 138 Å². The van der Waals surface area contributed by atoms with Crippen LogP contribution in [0.5, 0.6) is 0 Å². The zero-order valence-electron chi connectivity index (χ0n) is 12.1. The van der Waals surface area contributed by atoms with Gasteiger partial charge in [0.25, 0.3) is 0 Å². The number of benzene rings is 1. The van der Waals surface area contributed by atoms with Crippen molar-refractivity contribution in [3.8, 4) is 0 Å². The van der Waals surface area contributed by atoms with Crippen LogP contribution in [0.1, 0.15) is 11.1 Å². The van der Waals surface area contributed by atoms with Crippen LogP contribution in [0, 0.1) is 0 Å². The van der Waals surface area contributed by atoms with Gasteiger partial charge in [0.15, 0.2) is 0 Å². The maximum Gasteiger partial charge on any atom is 0.0205 e. The maximum absolute atomic E-state index is 3.44. The summed E-state index contributed by atoms with van der Waals surface area (Å²) in [6.45, 7) is 2.00. The van der Waals surface area contributed by atoms with Crippen molar-refractivity contribution in [3.63, 3.8) is 0 Å². The fourth-order valence-corrected chi connectivity index (χ4v) is 1.96. The molecular formula is C19H21FeN-6. The number of rotatable bonds is 5. The van der Waals surface area contributed by atoms with Gasteiger partial charge in [0.2, 0.25) is 0 Å². The molecular weight excluding hydrogens is 298 g/mol. The summed E-state index contributed by atoms with van der Waals surface area (Å²) in [7, 11) is 0. The van der Waals surface area contributed by atoms with Gasteiger partial charge in [-0.25, -0.2) is 12.1 Å². The quantitative estimate of drug-likeness (QED) is 0.423. The van der Waals surface area contributed by atoms with Crippen LogP contribution < -0.4 is 5.32 Å². The van der Waals surface area contributed by atoms with Crippen molar-refractivity contribution in [2.24, 2.45) is 0 Å². The number of nitrogens with one attached hydrogen (secondary N) is 1. The first-order chi connectivity index (χ1) is 9.95. The molecule has 21 heavy (non-hydrogen) atoms. The summed E-state index contributed by atoms with van der Waals surface area (Å²) in [5.41, 5.74) is 2.76. The molecule has 3 aromatic carbocycles. The molecule has 3 rings (SSSR count). The first-order valence-electron chi connectivity index (χ1n) is 7.07. The molecule has 0 unspecified atom stereocenters. The number of hydrogen-bond acceptors (Lipinski definition) is 1. The molecule has 1 nitrogen and oxygen atoms in total. The van der Waals surface area contributed by atoms with Crippen LogP contribution in [0.15, 0.2) is 84.9 Å². The molecule has 0 fully saturated rings. The van der Waals surface area contributed by atoms with Gasteiger partial charge in [-0.15, -0.1) is 0 Å². The normalized spacial score (nSPS) is 9.33. The van der Waals surface area contributed by atoms with Crippen LogP contribution in [-0.4, -0.2) is 6.54 Å². The van der Waals surface area contributed by atoms with Gasteiger partial charge in [0.1, 0.15) is 0 Å². The largest absolute Gasteiger partial charge is 0.748 e. The van der Waals surface area contributed by atoms with Crippen LogP contribution in [0.3, 0.4) is 0 Å². The van der Waals surface area contributed by atoms with E-state index < -0.39 is 0 Å². The van der Waals surface area contributed by atoms with E-state index in [1.54, 1.807) is 0 Å². The van der Waals surface area contributed by atoms with Crippen molar-refractivity contribution in [1.29, 1.82) is 0 Å². The Hall–Kier alpha value is -1.60. The minimum atomic E-state index is 0. The fourth-order valence-electron chi connectivity index (χ4n) is 1.96. The van der Waals surface area contributed by atoms with E-state index in [0.29, 0.717) is 0 Å².